The number of rotatable bonds is 11. The molecule has 0 aliphatic heterocycles. The summed E-state index contributed by atoms with van der Waals surface area (Å²) in [6.45, 7) is 13.6. The zero-order valence-electron chi connectivity index (χ0n) is 16.6. The first-order valence-electron chi connectivity index (χ1n) is 9.37. The Hall–Kier alpha value is -1.62. The number of nitrogens with one attached hydrogen (secondary N) is 1. The summed E-state index contributed by atoms with van der Waals surface area (Å²) in [6, 6.07) is 3.57. The standard InChI is InChI=1S/C20H34N2O3/c1-7-11-25-20(12-15(3)4,13-16(5)6)19(23)22-17-9-10-18(21-14-17)24-8-2/h9-10,14-16H,7-8,11-13H2,1-6H3,(H,22,23). The molecule has 5 nitrogen and oxygen atoms in total. The van der Waals surface area contributed by atoms with Gasteiger partial charge in [-0.2, -0.15) is 0 Å². The van der Waals surface area contributed by atoms with Gasteiger partial charge in [0.2, 0.25) is 5.88 Å². The SMILES string of the molecule is CCCOC(CC(C)C)(CC(C)C)C(=O)Nc1ccc(OCC)nc1. The molecule has 5 heteroatoms. The summed E-state index contributed by atoms with van der Waals surface area (Å²) in [5, 5.41) is 2.99. The maximum absolute atomic E-state index is 13.1. The van der Waals surface area contributed by atoms with Gasteiger partial charge in [0.05, 0.1) is 18.5 Å². The Morgan fingerprint density at radius 2 is 1.80 bits per heavy atom. The molecule has 1 heterocycles. The van der Waals surface area contributed by atoms with Crippen molar-refractivity contribution in [3.05, 3.63) is 18.3 Å². The highest BCUT2D eigenvalue weighted by molar-refractivity contribution is 5.97. The molecule has 1 N–H and O–H groups in total. The van der Waals surface area contributed by atoms with Gasteiger partial charge in [-0.3, -0.25) is 4.79 Å². The van der Waals surface area contributed by atoms with E-state index in [1.54, 1.807) is 12.3 Å². The van der Waals surface area contributed by atoms with Crippen molar-refractivity contribution in [2.75, 3.05) is 18.5 Å². The van der Waals surface area contributed by atoms with Crippen molar-refractivity contribution in [1.82, 2.24) is 4.98 Å². The summed E-state index contributed by atoms with van der Waals surface area (Å²) in [6.07, 6.45) is 3.90. The second-order valence-electron chi connectivity index (χ2n) is 7.31. The van der Waals surface area contributed by atoms with Crippen molar-refractivity contribution in [2.45, 2.75) is 66.4 Å². The van der Waals surface area contributed by atoms with Crippen LogP contribution in [-0.4, -0.2) is 29.7 Å². The minimum absolute atomic E-state index is 0.0886. The zero-order valence-corrected chi connectivity index (χ0v) is 16.6. The molecule has 0 aromatic carbocycles. The van der Waals surface area contributed by atoms with Crippen molar-refractivity contribution in [3.63, 3.8) is 0 Å². The van der Waals surface area contributed by atoms with Crippen LogP contribution in [0.15, 0.2) is 18.3 Å². The number of hydrogen-bond donors (Lipinski definition) is 1. The molecule has 1 aromatic rings. The van der Waals surface area contributed by atoms with Crippen LogP contribution in [-0.2, 0) is 9.53 Å². The second kappa shape index (κ2) is 10.4. The molecule has 0 bridgehead atoms. The van der Waals surface area contributed by atoms with Crippen molar-refractivity contribution in [1.29, 1.82) is 0 Å². The lowest BCUT2D eigenvalue weighted by Crippen LogP contribution is -2.47. The molecule has 0 atom stereocenters. The number of ether oxygens (including phenoxy) is 2. The minimum Gasteiger partial charge on any atom is -0.478 e. The van der Waals surface area contributed by atoms with Crippen LogP contribution in [0.25, 0.3) is 0 Å². The fraction of sp³-hybridized carbons (Fsp3) is 0.700. The Morgan fingerprint density at radius 1 is 1.16 bits per heavy atom. The first-order valence-corrected chi connectivity index (χ1v) is 9.37. The highest BCUT2D eigenvalue weighted by Crippen LogP contribution is 2.31. The van der Waals surface area contributed by atoms with Gasteiger partial charge in [-0.25, -0.2) is 4.98 Å². The van der Waals surface area contributed by atoms with Gasteiger partial charge in [0.25, 0.3) is 5.91 Å². The number of aromatic nitrogens is 1. The van der Waals surface area contributed by atoms with Gasteiger partial charge in [-0.1, -0.05) is 34.6 Å². The third kappa shape index (κ3) is 7.02. The van der Waals surface area contributed by atoms with Crippen LogP contribution in [0, 0.1) is 11.8 Å². The van der Waals surface area contributed by atoms with Gasteiger partial charge in [-0.15, -0.1) is 0 Å². The van der Waals surface area contributed by atoms with Crippen LogP contribution in [0.1, 0.15) is 60.8 Å². The fourth-order valence-corrected chi connectivity index (χ4v) is 3.00. The first-order chi connectivity index (χ1) is 11.8. The first kappa shape index (κ1) is 21.4. The summed E-state index contributed by atoms with van der Waals surface area (Å²) < 4.78 is 11.5. The summed E-state index contributed by atoms with van der Waals surface area (Å²) in [7, 11) is 0. The molecule has 0 aliphatic rings. The van der Waals surface area contributed by atoms with E-state index in [4.69, 9.17) is 9.47 Å². The van der Waals surface area contributed by atoms with E-state index in [0.717, 1.165) is 6.42 Å². The van der Waals surface area contributed by atoms with Crippen molar-refractivity contribution in [2.24, 2.45) is 11.8 Å². The molecule has 1 aromatic heterocycles. The van der Waals surface area contributed by atoms with Gasteiger partial charge < -0.3 is 14.8 Å². The molecule has 0 saturated carbocycles. The highest BCUT2D eigenvalue weighted by atomic mass is 16.5. The van der Waals surface area contributed by atoms with E-state index in [2.05, 4.69) is 44.9 Å². The average Bonchev–Trinajstić information content (AvgIpc) is 2.53. The molecular formula is C20H34N2O3. The number of nitrogens with zero attached hydrogens (tertiary/aromatic N) is 1. The molecular weight excluding hydrogens is 316 g/mol. The Bertz CT molecular complexity index is 502. The van der Waals surface area contributed by atoms with Gasteiger partial charge in [0.15, 0.2) is 0 Å². The molecule has 142 valence electrons. The molecule has 0 spiro atoms. The molecule has 0 unspecified atom stereocenters. The molecule has 1 rings (SSSR count). The Labute approximate surface area is 152 Å². The third-order valence-electron chi connectivity index (χ3n) is 3.76. The number of carbonyl (C=O) groups is 1. The van der Waals surface area contributed by atoms with Gasteiger partial charge >= 0.3 is 0 Å². The van der Waals surface area contributed by atoms with E-state index in [-0.39, 0.29) is 5.91 Å². The molecule has 0 aliphatic carbocycles. The predicted octanol–water partition coefficient (Wildman–Crippen LogP) is 4.68. The smallest absolute Gasteiger partial charge is 0.256 e. The summed E-state index contributed by atoms with van der Waals surface area (Å²) in [5.41, 5.74) is -0.151. The maximum Gasteiger partial charge on any atom is 0.256 e. The maximum atomic E-state index is 13.1. The number of anilines is 1. The van der Waals surface area contributed by atoms with E-state index < -0.39 is 5.60 Å². The Balaban J connectivity index is 2.98. The summed E-state index contributed by atoms with van der Waals surface area (Å²) >= 11 is 0. The van der Waals surface area contributed by atoms with Crippen LogP contribution in [0.5, 0.6) is 5.88 Å². The topological polar surface area (TPSA) is 60.5 Å². The molecule has 0 saturated heterocycles. The van der Waals surface area contributed by atoms with E-state index >= 15 is 0 Å². The fourth-order valence-electron chi connectivity index (χ4n) is 3.00. The van der Waals surface area contributed by atoms with Crippen molar-refractivity contribution < 1.29 is 14.3 Å². The summed E-state index contributed by atoms with van der Waals surface area (Å²) in [5.74, 6) is 1.19. The van der Waals surface area contributed by atoms with E-state index in [0.29, 0.717) is 49.5 Å². The van der Waals surface area contributed by atoms with Gasteiger partial charge in [-0.05, 0) is 44.1 Å². The van der Waals surface area contributed by atoms with Crippen LogP contribution in [0.3, 0.4) is 0 Å². The lowest BCUT2D eigenvalue weighted by Gasteiger charge is -2.35. The van der Waals surface area contributed by atoms with Crippen molar-refractivity contribution >= 4 is 11.6 Å². The highest BCUT2D eigenvalue weighted by Gasteiger charge is 2.40. The minimum atomic E-state index is -0.809. The molecule has 25 heavy (non-hydrogen) atoms. The average molecular weight is 351 g/mol. The van der Waals surface area contributed by atoms with Gasteiger partial charge in [0.1, 0.15) is 5.60 Å². The van der Waals surface area contributed by atoms with Gasteiger partial charge in [0, 0.05) is 12.7 Å². The number of pyridine rings is 1. The molecule has 0 radical (unpaired) electrons. The largest absolute Gasteiger partial charge is 0.478 e. The Morgan fingerprint density at radius 3 is 2.24 bits per heavy atom. The van der Waals surface area contributed by atoms with E-state index in [1.807, 2.05) is 13.0 Å². The molecule has 0 fully saturated rings. The quantitative estimate of drug-likeness (QED) is 0.629. The van der Waals surface area contributed by atoms with Crippen LogP contribution >= 0.6 is 0 Å². The van der Waals surface area contributed by atoms with E-state index in [1.165, 1.54) is 0 Å². The van der Waals surface area contributed by atoms with E-state index in [9.17, 15) is 4.79 Å². The zero-order chi connectivity index (χ0) is 18.9. The monoisotopic (exact) mass is 350 g/mol. The lowest BCUT2D eigenvalue weighted by atomic mass is 9.83. The normalized spacial score (nSPS) is 11.8. The number of hydrogen-bond acceptors (Lipinski definition) is 4. The third-order valence-corrected chi connectivity index (χ3v) is 3.76. The number of amides is 1. The van der Waals surface area contributed by atoms with Crippen LogP contribution < -0.4 is 10.1 Å². The predicted molar refractivity (Wildman–Crippen MR) is 102 cm³/mol. The number of carbonyl (C=O) groups excluding carboxylic acids is 1. The lowest BCUT2D eigenvalue weighted by molar-refractivity contribution is -0.147. The van der Waals surface area contributed by atoms with Crippen molar-refractivity contribution in [3.8, 4) is 5.88 Å². The summed E-state index contributed by atoms with van der Waals surface area (Å²) in [4.78, 5) is 17.3. The Kier molecular flexibility index (Phi) is 8.90. The van der Waals surface area contributed by atoms with Crippen LogP contribution in [0.4, 0.5) is 5.69 Å². The van der Waals surface area contributed by atoms with Crippen LogP contribution in [0.2, 0.25) is 0 Å². The molecule has 1 amide bonds. The second-order valence-corrected chi connectivity index (χ2v) is 7.31.